The Morgan fingerprint density at radius 1 is 1.00 bits per heavy atom. The summed E-state index contributed by atoms with van der Waals surface area (Å²) in [6.07, 6.45) is 12.6. The van der Waals surface area contributed by atoms with Gasteiger partial charge < -0.3 is 9.84 Å². The third-order valence-corrected chi connectivity index (χ3v) is 4.25. The van der Waals surface area contributed by atoms with Gasteiger partial charge >= 0.3 is 0 Å². The van der Waals surface area contributed by atoms with Crippen molar-refractivity contribution < 1.29 is 9.84 Å². The molecule has 2 unspecified atom stereocenters. The van der Waals surface area contributed by atoms with Crippen molar-refractivity contribution >= 4 is 0 Å². The molecule has 2 atom stereocenters. The zero-order valence-corrected chi connectivity index (χ0v) is 10.4. The zero-order valence-electron chi connectivity index (χ0n) is 10.4. The van der Waals surface area contributed by atoms with E-state index in [0.29, 0.717) is 12.0 Å². The molecule has 0 aromatic heterocycles. The molecule has 94 valence electrons. The van der Waals surface area contributed by atoms with Gasteiger partial charge in [0.25, 0.3) is 0 Å². The highest BCUT2D eigenvalue weighted by Gasteiger charge is 2.23. The van der Waals surface area contributed by atoms with Gasteiger partial charge in [-0.05, 0) is 50.9 Å². The van der Waals surface area contributed by atoms with Crippen molar-refractivity contribution in [3.63, 3.8) is 0 Å². The summed E-state index contributed by atoms with van der Waals surface area (Å²) in [5.74, 6) is 0.581. The highest BCUT2D eigenvalue weighted by molar-refractivity contribution is 4.75. The highest BCUT2D eigenvalue weighted by atomic mass is 16.5. The van der Waals surface area contributed by atoms with Crippen LogP contribution in [0.3, 0.4) is 0 Å². The molecule has 1 N–H and O–H groups in total. The summed E-state index contributed by atoms with van der Waals surface area (Å²) >= 11 is 0. The molecule has 2 nitrogen and oxygen atoms in total. The fraction of sp³-hybridized carbons (Fsp3) is 1.00. The Kier molecular flexibility index (Phi) is 5.11. The Morgan fingerprint density at radius 3 is 2.44 bits per heavy atom. The molecule has 1 saturated carbocycles. The fourth-order valence-electron chi connectivity index (χ4n) is 3.15. The number of ether oxygens (including phenoxy) is 1. The molecule has 2 fully saturated rings. The first-order valence-corrected chi connectivity index (χ1v) is 7.16. The van der Waals surface area contributed by atoms with Gasteiger partial charge in [0.2, 0.25) is 0 Å². The lowest BCUT2D eigenvalue weighted by Gasteiger charge is -2.28. The van der Waals surface area contributed by atoms with E-state index in [9.17, 15) is 5.11 Å². The van der Waals surface area contributed by atoms with E-state index in [0.717, 1.165) is 19.4 Å². The maximum absolute atomic E-state index is 10.1. The predicted octanol–water partition coefficient (Wildman–Crippen LogP) is 3.28. The molecule has 2 rings (SSSR count). The monoisotopic (exact) mass is 226 g/mol. The minimum atomic E-state index is -0.0640. The third-order valence-electron chi connectivity index (χ3n) is 4.25. The van der Waals surface area contributed by atoms with Crippen LogP contribution in [-0.4, -0.2) is 23.9 Å². The minimum absolute atomic E-state index is 0.0640. The largest absolute Gasteiger partial charge is 0.393 e. The molecule has 0 aromatic carbocycles. The second kappa shape index (κ2) is 6.61. The molecule has 0 spiro atoms. The Labute approximate surface area is 99.4 Å². The van der Waals surface area contributed by atoms with Crippen LogP contribution in [0, 0.1) is 5.92 Å². The topological polar surface area (TPSA) is 29.5 Å². The van der Waals surface area contributed by atoms with E-state index in [1.807, 2.05) is 0 Å². The molecule has 0 aromatic rings. The second-order valence-corrected chi connectivity index (χ2v) is 5.53. The molecule has 1 aliphatic heterocycles. The first-order valence-electron chi connectivity index (χ1n) is 7.16. The van der Waals surface area contributed by atoms with Gasteiger partial charge in [-0.1, -0.05) is 19.3 Å². The lowest BCUT2D eigenvalue weighted by Crippen LogP contribution is -2.26. The molecule has 2 aliphatic rings. The van der Waals surface area contributed by atoms with Crippen LogP contribution in [0.25, 0.3) is 0 Å². The number of hydrogen-bond acceptors (Lipinski definition) is 2. The van der Waals surface area contributed by atoms with Crippen LogP contribution >= 0.6 is 0 Å². The number of hydrogen-bond donors (Lipinski definition) is 1. The molecule has 16 heavy (non-hydrogen) atoms. The Balaban J connectivity index is 1.63. The van der Waals surface area contributed by atoms with Gasteiger partial charge in [-0.25, -0.2) is 0 Å². The normalized spacial score (nSPS) is 30.2. The summed E-state index contributed by atoms with van der Waals surface area (Å²) in [4.78, 5) is 0. The quantitative estimate of drug-likeness (QED) is 0.797. The summed E-state index contributed by atoms with van der Waals surface area (Å²) in [7, 11) is 0. The van der Waals surface area contributed by atoms with Crippen LogP contribution in [0.5, 0.6) is 0 Å². The Hall–Kier alpha value is -0.0800. The number of aliphatic hydroxyl groups excluding tert-OH is 1. The average molecular weight is 226 g/mol. The smallest absolute Gasteiger partial charge is 0.0576 e. The molecule has 2 heteroatoms. The van der Waals surface area contributed by atoms with E-state index in [1.54, 1.807) is 0 Å². The van der Waals surface area contributed by atoms with Crippen molar-refractivity contribution in [1.29, 1.82) is 0 Å². The fourth-order valence-corrected chi connectivity index (χ4v) is 3.15. The van der Waals surface area contributed by atoms with Crippen LogP contribution < -0.4 is 0 Å². The average Bonchev–Trinajstić information content (AvgIpc) is 2.38. The summed E-state index contributed by atoms with van der Waals surface area (Å²) in [6.45, 7) is 0.935. The van der Waals surface area contributed by atoms with E-state index < -0.39 is 0 Å². The van der Waals surface area contributed by atoms with E-state index >= 15 is 0 Å². The lowest BCUT2D eigenvalue weighted by atomic mass is 9.83. The third kappa shape index (κ3) is 3.74. The molecular weight excluding hydrogens is 200 g/mol. The summed E-state index contributed by atoms with van der Waals surface area (Å²) < 4.78 is 5.70. The van der Waals surface area contributed by atoms with Crippen molar-refractivity contribution in [1.82, 2.24) is 0 Å². The first-order chi connectivity index (χ1) is 7.86. The van der Waals surface area contributed by atoms with Crippen molar-refractivity contribution in [2.75, 3.05) is 6.61 Å². The molecule has 0 radical (unpaired) electrons. The van der Waals surface area contributed by atoms with Crippen LogP contribution in [0.15, 0.2) is 0 Å². The van der Waals surface area contributed by atoms with Crippen molar-refractivity contribution in [3.8, 4) is 0 Å². The van der Waals surface area contributed by atoms with E-state index in [4.69, 9.17) is 4.74 Å². The van der Waals surface area contributed by atoms with Gasteiger partial charge in [-0.2, -0.15) is 0 Å². The van der Waals surface area contributed by atoms with Crippen LogP contribution in [0.2, 0.25) is 0 Å². The van der Waals surface area contributed by atoms with Crippen LogP contribution in [0.1, 0.15) is 64.2 Å². The van der Waals surface area contributed by atoms with Crippen molar-refractivity contribution in [2.45, 2.75) is 76.4 Å². The Morgan fingerprint density at radius 2 is 1.75 bits per heavy atom. The van der Waals surface area contributed by atoms with Gasteiger partial charge in [0.1, 0.15) is 0 Å². The van der Waals surface area contributed by atoms with Crippen molar-refractivity contribution in [3.05, 3.63) is 0 Å². The first kappa shape index (κ1) is 12.4. The molecule has 0 bridgehead atoms. The van der Waals surface area contributed by atoms with E-state index in [2.05, 4.69) is 0 Å². The summed E-state index contributed by atoms with van der Waals surface area (Å²) in [6, 6.07) is 0. The summed E-state index contributed by atoms with van der Waals surface area (Å²) in [5, 5.41) is 10.1. The highest BCUT2D eigenvalue weighted by Crippen LogP contribution is 2.29. The van der Waals surface area contributed by atoms with E-state index in [1.165, 1.54) is 51.4 Å². The number of aliphatic hydroxyl groups is 1. The Bertz CT molecular complexity index is 181. The maximum Gasteiger partial charge on any atom is 0.0576 e. The molecule has 1 aliphatic carbocycles. The van der Waals surface area contributed by atoms with Gasteiger partial charge in [-0.15, -0.1) is 0 Å². The minimum Gasteiger partial charge on any atom is -0.393 e. The molecular formula is C14H26O2. The molecule has 1 heterocycles. The van der Waals surface area contributed by atoms with Gasteiger partial charge in [0.05, 0.1) is 12.2 Å². The lowest BCUT2D eigenvalue weighted by molar-refractivity contribution is -0.00551. The van der Waals surface area contributed by atoms with Gasteiger partial charge in [0, 0.05) is 6.61 Å². The van der Waals surface area contributed by atoms with Crippen LogP contribution in [-0.2, 0) is 4.74 Å². The SMILES string of the molecule is OC(CCC1CCCCO1)C1CCCCC1. The molecule has 1 saturated heterocycles. The predicted molar refractivity (Wildman–Crippen MR) is 65.4 cm³/mol. The van der Waals surface area contributed by atoms with Crippen molar-refractivity contribution in [2.24, 2.45) is 5.92 Å². The summed E-state index contributed by atoms with van der Waals surface area (Å²) in [5.41, 5.74) is 0. The van der Waals surface area contributed by atoms with E-state index in [-0.39, 0.29) is 6.10 Å². The van der Waals surface area contributed by atoms with Gasteiger partial charge in [-0.3, -0.25) is 0 Å². The molecule has 0 amide bonds. The zero-order chi connectivity index (χ0) is 11.2. The van der Waals surface area contributed by atoms with Gasteiger partial charge in [0.15, 0.2) is 0 Å². The van der Waals surface area contributed by atoms with Crippen LogP contribution in [0.4, 0.5) is 0 Å². The maximum atomic E-state index is 10.1. The second-order valence-electron chi connectivity index (χ2n) is 5.53. The number of rotatable bonds is 4. The standard InChI is InChI=1S/C14H26O2/c15-14(12-6-2-1-3-7-12)10-9-13-8-4-5-11-16-13/h12-15H,1-11H2.